The third-order valence-electron chi connectivity index (χ3n) is 4.25. The quantitative estimate of drug-likeness (QED) is 0.732. The Labute approximate surface area is 135 Å². The molecule has 8 heteroatoms. The van der Waals surface area contributed by atoms with E-state index in [0.29, 0.717) is 39.2 Å². The number of benzene rings is 1. The molecule has 122 valence electrons. The number of hydrogen-bond acceptors (Lipinski definition) is 6. The molecule has 7 nitrogen and oxygen atoms in total. The Morgan fingerprint density at radius 2 is 1.87 bits per heavy atom. The van der Waals surface area contributed by atoms with Gasteiger partial charge < -0.3 is 4.74 Å². The summed E-state index contributed by atoms with van der Waals surface area (Å²) in [5.41, 5.74) is 0.148. The summed E-state index contributed by atoms with van der Waals surface area (Å²) in [5, 5.41) is 9.10. The topological polar surface area (TPSA) is 90.7 Å². The van der Waals surface area contributed by atoms with Crippen LogP contribution in [-0.4, -0.2) is 62.4 Å². The molecule has 0 aliphatic carbocycles. The van der Waals surface area contributed by atoms with Gasteiger partial charge in [-0.15, -0.1) is 0 Å². The number of hydrogen-bond donors (Lipinski definition) is 0. The second-order valence-corrected chi connectivity index (χ2v) is 7.43. The van der Waals surface area contributed by atoms with Gasteiger partial charge in [-0.2, -0.15) is 9.57 Å². The lowest BCUT2D eigenvalue weighted by Crippen LogP contribution is -2.53. The fourth-order valence-corrected chi connectivity index (χ4v) is 4.56. The predicted molar refractivity (Wildman–Crippen MR) is 80.9 cm³/mol. The molecule has 0 saturated carbocycles. The summed E-state index contributed by atoms with van der Waals surface area (Å²) < 4.78 is 31.8. The number of sulfonamides is 1. The van der Waals surface area contributed by atoms with Crippen molar-refractivity contribution in [1.82, 2.24) is 9.21 Å². The molecular formula is C15H17N3O4S. The van der Waals surface area contributed by atoms with E-state index in [2.05, 4.69) is 0 Å². The Balaban J connectivity index is 1.74. The first-order chi connectivity index (χ1) is 11.0. The maximum atomic E-state index is 12.7. The molecule has 1 aromatic rings. The molecule has 0 aromatic heterocycles. The van der Waals surface area contributed by atoms with Gasteiger partial charge in [-0.1, -0.05) is 12.1 Å². The highest BCUT2D eigenvalue weighted by Crippen LogP contribution is 2.23. The third-order valence-corrected chi connectivity index (χ3v) is 6.20. The van der Waals surface area contributed by atoms with Crippen LogP contribution >= 0.6 is 0 Å². The smallest absolute Gasteiger partial charge is 0.323 e. The highest BCUT2D eigenvalue weighted by Gasteiger charge is 2.37. The number of esters is 1. The molecule has 23 heavy (non-hydrogen) atoms. The van der Waals surface area contributed by atoms with Gasteiger partial charge in [-0.3, -0.25) is 9.69 Å². The zero-order valence-electron chi connectivity index (χ0n) is 12.5. The molecule has 1 aromatic carbocycles. The van der Waals surface area contributed by atoms with Crippen LogP contribution in [0.25, 0.3) is 0 Å². The Hall–Kier alpha value is -1.95. The number of cyclic esters (lactones) is 1. The van der Waals surface area contributed by atoms with Crippen LogP contribution in [-0.2, 0) is 19.6 Å². The first-order valence-corrected chi connectivity index (χ1v) is 8.88. The molecular weight excluding hydrogens is 318 g/mol. The summed E-state index contributed by atoms with van der Waals surface area (Å²) >= 11 is 0. The molecule has 2 heterocycles. The van der Waals surface area contributed by atoms with Gasteiger partial charge in [0.1, 0.15) is 12.1 Å². The molecule has 3 rings (SSSR count). The molecule has 0 amide bonds. The van der Waals surface area contributed by atoms with Crippen LogP contribution in [0, 0.1) is 11.3 Å². The van der Waals surface area contributed by atoms with Gasteiger partial charge in [0.25, 0.3) is 0 Å². The summed E-state index contributed by atoms with van der Waals surface area (Å²) in [6, 6.07) is 7.86. The Bertz CT molecular complexity index is 748. The second-order valence-electron chi connectivity index (χ2n) is 5.52. The van der Waals surface area contributed by atoms with E-state index in [1.54, 1.807) is 12.1 Å². The van der Waals surface area contributed by atoms with Crippen LogP contribution in [0.3, 0.4) is 0 Å². The van der Waals surface area contributed by atoms with Crippen molar-refractivity contribution in [2.75, 3.05) is 32.8 Å². The van der Waals surface area contributed by atoms with Gasteiger partial charge in [0.05, 0.1) is 17.1 Å². The standard InChI is InChI=1S/C15H17N3O4S/c16-11-12-3-1-2-4-14(12)23(20,21)18-8-6-17(7-9-18)13-5-10-22-15(13)19/h1-4,13H,5-10H2. The molecule has 2 saturated heterocycles. The Kier molecular flexibility index (Phi) is 4.35. The molecule has 0 bridgehead atoms. The molecule has 2 aliphatic rings. The average Bonchev–Trinajstić information content (AvgIpc) is 3.01. The van der Waals surface area contributed by atoms with Crippen molar-refractivity contribution in [3.8, 4) is 6.07 Å². The van der Waals surface area contributed by atoms with E-state index in [4.69, 9.17) is 10.00 Å². The van der Waals surface area contributed by atoms with Crippen molar-refractivity contribution >= 4 is 16.0 Å². The minimum Gasteiger partial charge on any atom is -0.464 e. The van der Waals surface area contributed by atoms with E-state index in [1.807, 2.05) is 11.0 Å². The molecule has 1 unspecified atom stereocenters. The van der Waals surface area contributed by atoms with Crippen LogP contribution in [0.2, 0.25) is 0 Å². The largest absolute Gasteiger partial charge is 0.464 e. The van der Waals surface area contributed by atoms with Gasteiger partial charge in [0, 0.05) is 32.6 Å². The summed E-state index contributed by atoms with van der Waals surface area (Å²) in [7, 11) is -3.70. The first-order valence-electron chi connectivity index (χ1n) is 7.44. The van der Waals surface area contributed by atoms with Crippen LogP contribution < -0.4 is 0 Å². The summed E-state index contributed by atoms with van der Waals surface area (Å²) in [4.78, 5) is 13.6. The maximum Gasteiger partial charge on any atom is 0.323 e. The first kappa shape index (κ1) is 15.9. The molecule has 0 spiro atoms. The lowest BCUT2D eigenvalue weighted by molar-refractivity contribution is -0.142. The van der Waals surface area contributed by atoms with E-state index in [9.17, 15) is 13.2 Å². The van der Waals surface area contributed by atoms with E-state index >= 15 is 0 Å². The molecule has 2 aliphatic heterocycles. The molecule has 0 radical (unpaired) electrons. The fraction of sp³-hybridized carbons (Fsp3) is 0.467. The number of rotatable bonds is 3. The van der Waals surface area contributed by atoms with E-state index in [0.717, 1.165) is 0 Å². The lowest BCUT2D eigenvalue weighted by atomic mass is 10.2. The number of piperazine rings is 1. The Morgan fingerprint density at radius 1 is 1.17 bits per heavy atom. The minimum absolute atomic E-state index is 0.0382. The van der Waals surface area contributed by atoms with Crippen molar-refractivity contribution in [1.29, 1.82) is 5.26 Å². The van der Waals surface area contributed by atoms with Crippen LogP contribution in [0.1, 0.15) is 12.0 Å². The average molecular weight is 335 g/mol. The summed E-state index contributed by atoms with van der Waals surface area (Å²) in [6.45, 7) is 1.98. The van der Waals surface area contributed by atoms with Crippen LogP contribution in [0.15, 0.2) is 29.2 Å². The second kappa shape index (κ2) is 6.28. The van der Waals surface area contributed by atoms with Crippen molar-refractivity contribution in [2.24, 2.45) is 0 Å². The van der Waals surface area contributed by atoms with Gasteiger partial charge in [0.2, 0.25) is 10.0 Å². The Morgan fingerprint density at radius 3 is 2.48 bits per heavy atom. The highest BCUT2D eigenvalue weighted by atomic mass is 32.2. The number of carbonyl (C=O) groups excluding carboxylic acids is 1. The van der Waals surface area contributed by atoms with Gasteiger partial charge >= 0.3 is 5.97 Å². The summed E-state index contributed by atoms with van der Waals surface area (Å²) in [5.74, 6) is -0.226. The van der Waals surface area contributed by atoms with Crippen LogP contribution in [0.4, 0.5) is 0 Å². The molecule has 1 atom stereocenters. The lowest BCUT2D eigenvalue weighted by Gasteiger charge is -2.35. The monoisotopic (exact) mass is 335 g/mol. The molecule has 0 N–H and O–H groups in total. The van der Waals surface area contributed by atoms with E-state index < -0.39 is 10.0 Å². The minimum atomic E-state index is -3.70. The number of nitrogens with zero attached hydrogens (tertiary/aromatic N) is 3. The highest BCUT2D eigenvalue weighted by molar-refractivity contribution is 7.89. The fourth-order valence-electron chi connectivity index (χ4n) is 3.00. The van der Waals surface area contributed by atoms with E-state index in [1.165, 1.54) is 16.4 Å². The number of nitriles is 1. The van der Waals surface area contributed by atoms with Crippen molar-refractivity contribution < 1.29 is 17.9 Å². The zero-order chi connectivity index (χ0) is 16.4. The van der Waals surface area contributed by atoms with Crippen molar-refractivity contribution in [3.63, 3.8) is 0 Å². The third kappa shape index (κ3) is 2.95. The van der Waals surface area contributed by atoms with Crippen molar-refractivity contribution in [2.45, 2.75) is 17.4 Å². The van der Waals surface area contributed by atoms with Gasteiger partial charge in [-0.05, 0) is 12.1 Å². The predicted octanol–water partition coefficient (Wildman–Crippen LogP) is 0.180. The van der Waals surface area contributed by atoms with Gasteiger partial charge in [-0.25, -0.2) is 8.42 Å². The zero-order valence-corrected chi connectivity index (χ0v) is 13.3. The molecule has 2 fully saturated rings. The van der Waals surface area contributed by atoms with Crippen LogP contribution in [0.5, 0.6) is 0 Å². The van der Waals surface area contributed by atoms with Crippen molar-refractivity contribution in [3.05, 3.63) is 29.8 Å². The number of carbonyl (C=O) groups is 1. The maximum absolute atomic E-state index is 12.7. The van der Waals surface area contributed by atoms with Gasteiger partial charge in [0.15, 0.2) is 0 Å². The number of ether oxygens (including phenoxy) is 1. The van der Waals surface area contributed by atoms with E-state index in [-0.39, 0.29) is 22.5 Å². The SMILES string of the molecule is N#Cc1ccccc1S(=O)(=O)N1CCN(C2CCOC2=O)CC1. The normalized spacial score (nSPS) is 23.4. The summed E-state index contributed by atoms with van der Waals surface area (Å²) in [6.07, 6.45) is 0.656.